The summed E-state index contributed by atoms with van der Waals surface area (Å²) >= 11 is 0. The number of halogens is 4. The highest BCUT2D eigenvalue weighted by molar-refractivity contribution is 5.91. The van der Waals surface area contributed by atoms with Crippen molar-refractivity contribution in [3.63, 3.8) is 0 Å². The van der Waals surface area contributed by atoms with Gasteiger partial charge in [0, 0.05) is 11.9 Å². The van der Waals surface area contributed by atoms with Crippen molar-refractivity contribution in [3.05, 3.63) is 52.4 Å². The average Bonchev–Trinajstić information content (AvgIpc) is 3.15. The van der Waals surface area contributed by atoms with Crippen LogP contribution in [0.4, 0.5) is 29.1 Å². The molecule has 11 heteroatoms. The maximum atomic E-state index is 15.3. The molecule has 0 bridgehead atoms. The van der Waals surface area contributed by atoms with Crippen LogP contribution in [0.5, 0.6) is 0 Å². The Morgan fingerprint density at radius 3 is 2.62 bits per heavy atom. The number of aromatic amines is 1. The quantitative estimate of drug-likeness (QED) is 0.460. The van der Waals surface area contributed by atoms with Gasteiger partial charge in [0.25, 0.3) is 5.56 Å². The van der Waals surface area contributed by atoms with Crippen molar-refractivity contribution in [1.82, 2.24) is 14.8 Å². The van der Waals surface area contributed by atoms with E-state index in [1.54, 1.807) is 6.07 Å². The van der Waals surface area contributed by atoms with E-state index in [0.717, 1.165) is 12.1 Å². The summed E-state index contributed by atoms with van der Waals surface area (Å²) in [6.45, 7) is 0.663. The van der Waals surface area contributed by atoms with E-state index in [2.05, 4.69) is 21.5 Å². The molecule has 1 aromatic carbocycles. The molecule has 1 saturated carbocycles. The zero-order valence-corrected chi connectivity index (χ0v) is 18.3. The number of nitrogens with one attached hydrogen (secondary N) is 2. The lowest BCUT2D eigenvalue weighted by atomic mass is 9.78. The summed E-state index contributed by atoms with van der Waals surface area (Å²) in [5, 5.41) is 26.8. The maximum absolute atomic E-state index is 15.3. The monoisotopic (exact) mass is 477 g/mol. The lowest BCUT2D eigenvalue weighted by Gasteiger charge is -2.39. The fraction of sp³-hybridized carbons (Fsp3) is 0.435. The third kappa shape index (κ3) is 3.81. The Kier molecular flexibility index (Phi) is 5.89. The van der Waals surface area contributed by atoms with Crippen LogP contribution in [0.25, 0.3) is 10.9 Å². The summed E-state index contributed by atoms with van der Waals surface area (Å²) < 4.78 is 56.0. The average molecular weight is 477 g/mol. The molecule has 4 rings (SSSR count). The summed E-state index contributed by atoms with van der Waals surface area (Å²) in [4.78, 5) is 15.2. The highest BCUT2D eigenvalue weighted by atomic mass is 19.4. The second kappa shape index (κ2) is 8.43. The first-order chi connectivity index (χ1) is 16.0. The molecule has 0 saturated heterocycles. The van der Waals surface area contributed by atoms with Crippen molar-refractivity contribution in [2.75, 3.05) is 5.32 Å². The summed E-state index contributed by atoms with van der Waals surface area (Å²) in [5.41, 5.74) is -4.43. The number of benzene rings is 1. The number of alkyl halides is 4. The Morgan fingerprint density at radius 2 is 2.00 bits per heavy atom. The van der Waals surface area contributed by atoms with Crippen LogP contribution in [-0.2, 0) is 11.1 Å². The van der Waals surface area contributed by atoms with Crippen LogP contribution in [0.15, 0.2) is 41.3 Å². The molecule has 3 unspecified atom stereocenters. The van der Waals surface area contributed by atoms with Gasteiger partial charge in [0.05, 0.1) is 18.0 Å². The van der Waals surface area contributed by atoms with Gasteiger partial charge in [-0.1, -0.05) is 25.0 Å². The lowest BCUT2D eigenvalue weighted by molar-refractivity contribution is -0.258. The highest BCUT2D eigenvalue weighted by Crippen LogP contribution is 2.42. The van der Waals surface area contributed by atoms with Crippen LogP contribution in [-0.4, -0.2) is 32.2 Å². The van der Waals surface area contributed by atoms with Gasteiger partial charge in [-0.3, -0.25) is 9.48 Å². The van der Waals surface area contributed by atoms with Crippen LogP contribution < -0.4 is 10.9 Å². The van der Waals surface area contributed by atoms with Crippen LogP contribution in [0.2, 0.25) is 0 Å². The smallest absolute Gasteiger partial charge is 0.376 e. The predicted octanol–water partition coefficient (Wildman–Crippen LogP) is 4.76. The molecule has 34 heavy (non-hydrogen) atoms. The minimum Gasteiger partial charge on any atom is -0.376 e. The number of hydrogen-bond donors (Lipinski definition) is 3. The molecular weight excluding hydrogens is 454 g/mol. The molecule has 2 aromatic heterocycles. The molecular formula is C23H23F4N5O2. The Balaban J connectivity index is 1.78. The number of fused-ring (bicyclic) bond motifs is 1. The second-order valence-electron chi connectivity index (χ2n) is 8.75. The van der Waals surface area contributed by atoms with E-state index in [4.69, 9.17) is 0 Å². The Morgan fingerprint density at radius 1 is 1.29 bits per heavy atom. The van der Waals surface area contributed by atoms with Crippen molar-refractivity contribution in [2.24, 2.45) is 0 Å². The topological polar surface area (TPSA) is 107 Å². The third-order valence-corrected chi connectivity index (χ3v) is 6.57. The molecule has 2 heterocycles. The minimum atomic E-state index is -4.86. The normalized spacial score (nSPS) is 22.8. The maximum Gasteiger partial charge on any atom is 0.421 e. The molecule has 1 fully saturated rings. The largest absolute Gasteiger partial charge is 0.421 e. The van der Waals surface area contributed by atoms with Gasteiger partial charge >= 0.3 is 6.18 Å². The zero-order chi connectivity index (χ0) is 24.7. The van der Waals surface area contributed by atoms with Crippen molar-refractivity contribution in [2.45, 2.75) is 62.5 Å². The van der Waals surface area contributed by atoms with Gasteiger partial charge < -0.3 is 15.4 Å². The summed E-state index contributed by atoms with van der Waals surface area (Å²) in [6.07, 6.45) is -2.86. The van der Waals surface area contributed by atoms with E-state index in [1.165, 1.54) is 23.0 Å². The van der Waals surface area contributed by atoms with Crippen molar-refractivity contribution in [3.8, 4) is 6.07 Å². The van der Waals surface area contributed by atoms with Crippen LogP contribution in [0, 0.1) is 11.3 Å². The standard InChI is InChI=1S/C23H23F4N5O2/c1-21(34,23(25,26)27)14-5-7-15(8-6-14)30-19-18-16(9-13-29-20(18)33)32(31-19)22(11-12-28)10-3-2-4-17(22)24/h5-9,13,17,34H,2-4,10-11H2,1H3,(H,29,33)(H,30,31). The van der Waals surface area contributed by atoms with Crippen LogP contribution >= 0.6 is 0 Å². The summed E-state index contributed by atoms with van der Waals surface area (Å²) in [7, 11) is 0. The van der Waals surface area contributed by atoms with E-state index < -0.39 is 29.0 Å². The van der Waals surface area contributed by atoms with Gasteiger partial charge in [-0.25, -0.2) is 4.39 Å². The molecule has 1 aliphatic carbocycles. The first kappa shape index (κ1) is 23.8. The number of aliphatic hydroxyl groups is 1. The number of hydrogen-bond acceptors (Lipinski definition) is 5. The first-order valence-electron chi connectivity index (χ1n) is 10.8. The Labute approximate surface area is 192 Å². The predicted molar refractivity (Wildman–Crippen MR) is 117 cm³/mol. The van der Waals surface area contributed by atoms with Crippen molar-refractivity contribution >= 4 is 22.4 Å². The van der Waals surface area contributed by atoms with Gasteiger partial charge in [0.1, 0.15) is 17.1 Å². The zero-order valence-electron chi connectivity index (χ0n) is 18.3. The van der Waals surface area contributed by atoms with E-state index in [1.807, 2.05) is 0 Å². The molecule has 1 aliphatic rings. The van der Waals surface area contributed by atoms with Crippen LogP contribution in [0.1, 0.15) is 44.6 Å². The molecule has 3 N–H and O–H groups in total. The SMILES string of the molecule is CC(O)(c1ccc(Nc2nn(C3(CC#N)CCCCC3F)c3cc[nH]c(=O)c23)cc1)C(F)(F)F. The molecule has 0 amide bonds. The number of pyridine rings is 1. The number of nitriles is 1. The number of rotatable bonds is 5. The minimum absolute atomic E-state index is 0.0854. The van der Waals surface area contributed by atoms with E-state index >= 15 is 4.39 Å². The van der Waals surface area contributed by atoms with Gasteiger partial charge in [0.15, 0.2) is 11.4 Å². The van der Waals surface area contributed by atoms with Gasteiger partial charge in [-0.2, -0.15) is 23.5 Å². The Bertz CT molecular complexity index is 1290. The second-order valence-corrected chi connectivity index (χ2v) is 8.75. The fourth-order valence-corrected chi connectivity index (χ4v) is 4.51. The molecule has 3 atom stereocenters. The third-order valence-electron chi connectivity index (χ3n) is 6.57. The number of nitrogens with zero attached hydrogens (tertiary/aromatic N) is 3. The van der Waals surface area contributed by atoms with Crippen molar-refractivity contribution in [1.29, 1.82) is 5.26 Å². The van der Waals surface area contributed by atoms with E-state index in [-0.39, 0.29) is 29.6 Å². The van der Waals surface area contributed by atoms with Gasteiger partial charge in [-0.05, 0) is 43.5 Å². The van der Waals surface area contributed by atoms with Crippen molar-refractivity contribution < 1.29 is 22.7 Å². The summed E-state index contributed by atoms with van der Waals surface area (Å²) in [6, 6.07) is 8.52. The molecule has 0 aliphatic heterocycles. The molecule has 0 spiro atoms. The van der Waals surface area contributed by atoms with Gasteiger partial charge in [0.2, 0.25) is 0 Å². The Hall–Kier alpha value is -3.39. The number of aromatic nitrogens is 3. The summed E-state index contributed by atoms with van der Waals surface area (Å²) in [5.74, 6) is 0.0854. The first-order valence-corrected chi connectivity index (χ1v) is 10.8. The molecule has 7 nitrogen and oxygen atoms in total. The molecule has 3 aromatic rings. The lowest BCUT2D eigenvalue weighted by Crippen LogP contribution is -2.45. The van der Waals surface area contributed by atoms with Gasteiger partial charge in [-0.15, -0.1) is 0 Å². The highest BCUT2D eigenvalue weighted by Gasteiger charge is 2.51. The van der Waals surface area contributed by atoms with Crippen LogP contribution in [0.3, 0.4) is 0 Å². The number of H-pyrrole nitrogens is 1. The molecule has 0 radical (unpaired) electrons. The van der Waals surface area contributed by atoms with E-state index in [9.17, 15) is 28.3 Å². The fourth-order valence-electron chi connectivity index (χ4n) is 4.51. The molecule has 180 valence electrons. The van der Waals surface area contributed by atoms with E-state index in [0.29, 0.717) is 37.4 Å². The number of anilines is 2.